The molecule has 3 rings (SSSR count). The summed E-state index contributed by atoms with van der Waals surface area (Å²) in [6, 6.07) is 11.1. The largest absolute Gasteiger partial charge is 0.423 e. The predicted octanol–water partition coefficient (Wildman–Crippen LogP) is 2.47. The molecule has 0 aliphatic carbocycles. The number of amides is 2. The lowest BCUT2D eigenvalue weighted by atomic mass is 10.2. The SMILES string of the molecule is O=C(Oc1ccc(N2C(=O)CCC2=O)cc1)c1cccc([N+](=O)[O-])c1. The fourth-order valence-corrected chi connectivity index (χ4v) is 2.44. The van der Waals surface area contributed by atoms with Gasteiger partial charge < -0.3 is 4.74 Å². The maximum atomic E-state index is 12.1. The van der Waals surface area contributed by atoms with Crippen molar-refractivity contribution < 1.29 is 24.0 Å². The van der Waals surface area contributed by atoms with Crippen LogP contribution in [0.2, 0.25) is 0 Å². The Hall–Kier alpha value is -3.55. The third-order valence-electron chi connectivity index (χ3n) is 3.65. The Bertz CT molecular complexity index is 859. The molecule has 0 aromatic heterocycles. The van der Waals surface area contributed by atoms with Gasteiger partial charge in [0.05, 0.1) is 16.2 Å². The number of hydrogen-bond acceptors (Lipinski definition) is 6. The van der Waals surface area contributed by atoms with Gasteiger partial charge in [0.15, 0.2) is 0 Å². The number of nitro groups is 1. The number of rotatable bonds is 4. The summed E-state index contributed by atoms with van der Waals surface area (Å²) in [5.41, 5.74) is 0.238. The van der Waals surface area contributed by atoms with Crippen molar-refractivity contribution in [2.24, 2.45) is 0 Å². The molecule has 0 N–H and O–H groups in total. The van der Waals surface area contributed by atoms with E-state index >= 15 is 0 Å². The van der Waals surface area contributed by atoms with E-state index in [1.807, 2.05) is 0 Å². The van der Waals surface area contributed by atoms with Crippen molar-refractivity contribution in [1.82, 2.24) is 0 Å². The highest BCUT2D eigenvalue weighted by Gasteiger charge is 2.30. The number of non-ortho nitro benzene ring substituents is 1. The van der Waals surface area contributed by atoms with Crippen molar-refractivity contribution in [3.8, 4) is 5.75 Å². The minimum absolute atomic E-state index is 0.0446. The lowest BCUT2D eigenvalue weighted by Gasteiger charge is -2.14. The van der Waals surface area contributed by atoms with Crippen LogP contribution in [-0.4, -0.2) is 22.7 Å². The van der Waals surface area contributed by atoms with E-state index in [9.17, 15) is 24.5 Å². The summed E-state index contributed by atoms with van der Waals surface area (Å²) >= 11 is 0. The first-order valence-electron chi connectivity index (χ1n) is 7.38. The van der Waals surface area contributed by atoms with Crippen molar-refractivity contribution in [2.75, 3.05) is 4.90 Å². The molecule has 0 saturated carbocycles. The number of carbonyl (C=O) groups excluding carboxylic acids is 3. The Morgan fingerprint density at radius 1 is 1.04 bits per heavy atom. The van der Waals surface area contributed by atoms with E-state index in [0.29, 0.717) is 5.69 Å². The molecule has 0 atom stereocenters. The maximum absolute atomic E-state index is 12.1. The molecule has 2 aromatic rings. The van der Waals surface area contributed by atoms with Gasteiger partial charge in [0, 0.05) is 25.0 Å². The van der Waals surface area contributed by atoms with Gasteiger partial charge in [-0.05, 0) is 30.3 Å². The molecule has 0 unspecified atom stereocenters. The van der Waals surface area contributed by atoms with Crippen LogP contribution in [0.25, 0.3) is 0 Å². The standard InChI is InChI=1S/C17H12N2O6/c20-15-8-9-16(21)18(15)12-4-6-14(7-5-12)25-17(22)11-2-1-3-13(10-11)19(23)24/h1-7,10H,8-9H2. The average molecular weight is 340 g/mol. The van der Waals surface area contributed by atoms with Crippen LogP contribution < -0.4 is 9.64 Å². The molecule has 1 fully saturated rings. The van der Waals surface area contributed by atoms with Crippen LogP contribution in [0.4, 0.5) is 11.4 Å². The highest BCUT2D eigenvalue weighted by atomic mass is 16.6. The van der Waals surface area contributed by atoms with Gasteiger partial charge in [0.1, 0.15) is 5.75 Å². The van der Waals surface area contributed by atoms with E-state index in [2.05, 4.69) is 0 Å². The first kappa shape index (κ1) is 16.3. The zero-order valence-electron chi connectivity index (χ0n) is 12.9. The van der Waals surface area contributed by atoms with Gasteiger partial charge >= 0.3 is 5.97 Å². The number of hydrogen-bond donors (Lipinski definition) is 0. The zero-order valence-corrected chi connectivity index (χ0v) is 12.9. The molecule has 8 nitrogen and oxygen atoms in total. The van der Waals surface area contributed by atoms with E-state index in [1.165, 1.54) is 42.5 Å². The van der Waals surface area contributed by atoms with Gasteiger partial charge in [-0.3, -0.25) is 24.6 Å². The van der Waals surface area contributed by atoms with Crippen molar-refractivity contribution in [3.05, 3.63) is 64.2 Å². The monoisotopic (exact) mass is 340 g/mol. The van der Waals surface area contributed by atoms with Gasteiger partial charge in [0.2, 0.25) is 11.8 Å². The molecule has 126 valence electrons. The summed E-state index contributed by atoms with van der Waals surface area (Å²) < 4.78 is 5.16. The first-order chi connectivity index (χ1) is 12.0. The van der Waals surface area contributed by atoms with Crippen LogP contribution in [0.1, 0.15) is 23.2 Å². The number of benzene rings is 2. The van der Waals surface area contributed by atoms with Gasteiger partial charge in [-0.25, -0.2) is 4.79 Å². The van der Waals surface area contributed by atoms with Gasteiger partial charge in [-0.15, -0.1) is 0 Å². The van der Waals surface area contributed by atoms with E-state index in [1.54, 1.807) is 0 Å². The van der Waals surface area contributed by atoms with Gasteiger partial charge in [0.25, 0.3) is 5.69 Å². The summed E-state index contributed by atoms with van der Waals surface area (Å²) in [7, 11) is 0. The van der Waals surface area contributed by atoms with Crippen molar-refractivity contribution in [3.63, 3.8) is 0 Å². The second kappa shape index (κ2) is 6.52. The average Bonchev–Trinajstić information content (AvgIpc) is 2.94. The Morgan fingerprint density at radius 2 is 1.68 bits per heavy atom. The summed E-state index contributed by atoms with van der Waals surface area (Å²) in [6.45, 7) is 0. The lowest BCUT2D eigenvalue weighted by Crippen LogP contribution is -2.28. The van der Waals surface area contributed by atoms with Crippen LogP contribution >= 0.6 is 0 Å². The molecule has 1 aliphatic rings. The quantitative estimate of drug-likeness (QED) is 0.278. The number of nitrogens with zero attached hydrogens (tertiary/aromatic N) is 2. The normalized spacial score (nSPS) is 13.8. The second-order valence-electron chi connectivity index (χ2n) is 5.31. The third-order valence-corrected chi connectivity index (χ3v) is 3.65. The van der Waals surface area contributed by atoms with E-state index in [0.717, 1.165) is 11.0 Å². The Labute approximate surface area is 141 Å². The summed E-state index contributed by atoms with van der Waals surface area (Å²) in [5.74, 6) is -1.10. The Kier molecular flexibility index (Phi) is 4.25. The van der Waals surface area contributed by atoms with Crippen LogP contribution in [0, 0.1) is 10.1 Å². The van der Waals surface area contributed by atoms with Crippen molar-refractivity contribution in [2.45, 2.75) is 12.8 Å². The number of ether oxygens (including phenoxy) is 1. The fourth-order valence-electron chi connectivity index (χ4n) is 2.44. The van der Waals surface area contributed by atoms with Crippen LogP contribution in [0.15, 0.2) is 48.5 Å². The topological polar surface area (TPSA) is 107 Å². The minimum atomic E-state index is -0.746. The molecule has 2 aromatic carbocycles. The molecule has 1 heterocycles. The minimum Gasteiger partial charge on any atom is -0.423 e. The zero-order chi connectivity index (χ0) is 18.0. The molecule has 0 bridgehead atoms. The predicted molar refractivity (Wildman–Crippen MR) is 86.2 cm³/mol. The van der Waals surface area contributed by atoms with Crippen LogP contribution in [0.3, 0.4) is 0 Å². The molecule has 0 radical (unpaired) electrons. The van der Waals surface area contributed by atoms with Gasteiger partial charge in [-0.2, -0.15) is 0 Å². The van der Waals surface area contributed by atoms with E-state index in [4.69, 9.17) is 4.74 Å². The molecule has 8 heteroatoms. The van der Waals surface area contributed by atoms with Crippen molar-refractivity contribution in [1.29, 1.82) is 0 Å². The Balaban J connectivity index is 1.74. The number of nitro benzene ring substituents is 1. The van der Waals surface area contributed by atoms with Crippen LogP contribution in [0.5, 0.6) is 5.75 Å². The number of anilines is 1. The number of carbonyl (C=O) groups is 3. The molecule has 1 aliphatic heterocycles. The number of esters is 1. The molecule has 1 saturated heterocycles. The third kappa shape index (κ3) is 3.37. The summed E-state index contributed by atoms with van der Waals surface area (Å²) in [6.07, 6.45) is 0.366. The van der Waals surface area contributed by atoms with E-state index in [-0.39, 0.29) is 41.7 Å². The molecule has 2 amide bonds. The second-order valence-corrected chi connectivity index (χ2v) is 5.31. The molecule has 0 spiro atoms. The number of imide groups is 1. The molecule has 25 heavy (non-hydrogen) atoms. The summed E-state index contributed by atoms with van der Waals surface area (Å²) in [4.78, 5) is 46.7. The van der Waals surface area contributed by atoms with Crippen LogP contribution in [-0.2, 0) is 9.59 Å². The first-order valence-corrected chi connectivity index (χ1v) is 7.38. The molecular weight excluding hydrogens is 328 g/mol. The Morgan fingerprint density at radius 3 is 2.28 bits per heavy atom. The summed E-state index contributed by atoms with van der Waals surface area (Å²) in [5, 5.41) is 10.7. The molecular formula is C17H12N2O6. The van der Waals surface area contributed by atoms with Crippen molar-refractivity contribution >= 4 is 29.2 Å². The maximum Gasteiger partial charge on any atom is 0.343 e. The smallest absolute Gasteiger partial charge is 0.343 e. The highest BCUT2D eigenvalue weighted by molar-refractivity contribution is 6.19. The highest BCUT2D eigenvalue weighted by Crippen LogP contribution is 2.25. The fraction of sp³-hybridized carbons (Fsp3) is 0.118. The van der Waals surface area contributed by atoms with E-state index < -0.39 is 10.9 Å². The van der Waals surface area contributed by atoms with Gasteiger partial charge in [-0.1, -0.05) is 6.07 Å². The lowest BCUT2D eigenvalue weighted by molar-refractivity contribution is -0.384.